The highest BCUT2D eigenvalue weighted by Crippen LogP contribution is 2.27. The minimum atomic E-state index is -4.76. The minimum Gasteiger partial charge on any atom is -0.405 e. The van der Waals surface area contributed by atoms with Gasteiger partial charge in [-0.25, -0.2) is 4.68 Å². The molecule has 2 rings (SSSR count). The van der Waals surface area contributed by atoms with Crippen molar-refractivity contribution in [2.75, 3.05) is 5.32 Å². The molecule has 1 aromatic carbocycles. The molecule has 0 aliphatic carbocycles. The lowest BCUT2D eigenvalue weighted by Crippen LogP contribution is -2.21. The van der Waals surface area contributed by atoms with Crippen LogP contribution in [0.1, 0.15) is 5.56 Å². The number of halogens is 4. The van der Waals surface area contributed by atoms with Crippen molar-refractivity contribution in [2.24, 2.45) is 7.05 Å². The first-order chi connectivity index (χ1) is 10.3. The zero-order valence-electron chi connectivity index (χ0n) is 11.3. The number of alkyl halides is 3. The van der Waals surface area contributed by atoms with Crippen molar-refractivity contribution in [3.05, 3.63) is 50.9 Å². The minimum absolute atomic E-state index is 0.0414. The first-order valence-electron chi connectivity index (χ1n) is 6.07. The molecule has 118 valence electrons. The number of para-hydroxylation sites is 1. The number of nitrogens with one attached hydrogen (secondary N) is 1. The third-order valence-electron chi connectivity index (χ3n) is 2.75. The Morgan fingerprint density at radius 2 is 2.05 bits per heavy atom. The topological polar surface area (TPSA) is 56.1 Å². The highest BCUT2D eigenvalue weighted by Gasteiger charge is 2.31. The van der Waals surface area contributed by atoms with Gasteiger partial charge in [0.15, 0.2) is 0 Å². The second-order valence-electron chi connectivity index (χ2n) is 4.31. The Kier molecular flexibility index (Phi) is 4.74. The molecule has 0 saturated carbocycles. The summed E-state index contributed by atoms with van der Waals surface area (Å²) in [4.78, 5) is 11.7. The van der Waals surface area contributed by atoms with Crippen molar-refractivity contribution < 1.29 is 17.9 Å². The summed E-state index contributed by atoms with van der Waals surface area (Å²) in [6, 6.07) is 5.76. The molecule has 0 fully saturated rings. The predicted molar refractivity (Wildman–Crippen MR) is 77.6 cm³/mol. The van der Waals surface area contributed by atoms with E-state index >= 15 is 0 Å². The molecule has 0 radical (unpaired) electrons. The van der Waals surface area contributed by atoms with Crippen LogP contribution < -0.4 is 15.6 Å². The van der Waals surface area contributed by atoms with Gasteiger partial charge in [-0.15, -0.1) is 13.2 Å². The Labute approximate surface area is 131 Å². The summed E-state index contributed by atoms with van der Waals surface area (Å²) in [5.74, 6) is -0.296. The Morgan fingerprint density at radius 3 is 2.73 bits per heavy atom. The van der Waals surface area contributed by atoms with E-state index in [0.29, 0.717) is 11.3 Å². The second kappa shape index (κ2) is 6.39. The van der Waals surface area contributed by atoms with Gasteiger partial charge in [-0.2, -0.15) is 5.10 Å². The van der Waals surface area contributed by atoms with E-state index in [1.165, 1.54) is 31.4 Å². The summed E-state index contributed by atoms with van der Waals surface area (Å²) >= 11 is 3.12. The normalized spacial score (nSPS) is 11.3. The van der Waals surface area contributed by atoms with Crippen LogP contribution in [0.15, 0.2) is 39.7 Å². The third-order valence-corrected chi connectivity index (χ3v) is 3.51. The fourth-order valence-electron chi connectivity index (χ4n) is 1.70. The third kappa shape index (κ3) is 4.00. The Bertz CT molecular complexity index is 731. The average Bonchev–Trinajstić information content (AvgIpc) is 2.44. The Morgan fingerprint density at radius 1 is 1.36 bits per heavy atom. The summed E-state index contributed by atoms with van der Waals surface area (Å²) in [5.41, 5.74) is 0.321. The van der Waals surface area contributed by atoms with Crippen LogP contribution in [-0.2, 0) is 13.6 Å². The fraction of sp³-hybridized carbons (Fsp3) is 0.231. The molecule has 0 saturated heterocycles. The maximum Gasteiger partial charge on any atom is 0.573 e. The molecule has 0 unspecified atom stereocenters. The van der Waals surface area contributed by atoms with Gasteiger partial charge in [0.05, 0.1) is 11.9 Å². The molecule has 1 heterocycles. The smallest absolute Gasteiger partial charge is 0.405 e. The maximum atomic E-state index is 12.3. The number of hydrogen-bond acceptors (Lipinski definition) is 4. The SMILES string of the molecule is Cn1ncc(NCc2ccccc2OC(F)(F)F)c(Br)c1=O. The van der Waals surface area contributed by atoms with E-state index in [4.69, 9.17) is 0 Å². The van der Waals surface area contributed by atoms with Crippen molar-refractivity contribution in [1.29, 1.82) is 0 Å². The monoisotopic (exact) mass is 377 g/mol. The van der Waals surface area contributed by atoms with Gasteiger partial charge in [0.25, 0.3) is 5.56 Å². The van der Waals surface area contributed by atoms with Crippen LogP contribution >= 0.6 is 15.9 Å². The van der Waals surface area contributed by atoms with Crippen LogP contribution in [0.25, 0.3) is 0 Å². The maximum absolute atomic E-state index is 12.3. The van der Waals surface area contributed by atoms with E-state index in [9.17, 15) is 18.0 Å². The van der Waals surface area contributed by atoms with Crippen LogP contribution in [0.3, 0.4) is 0 Å². The largest absolute Gasteiger partial charge is 0.573 e. The number of aryl methyl sites for hydroxylation is 1. The zero-order chi connectivity index (χ0) is 16.3. The van der Waals surface area contributed by atoms with Crippen molar-refractivity contribution in [2.45, 2.75) is 12.9 Å². The van der Waals surface area contributed by atoms with Crippen molar-refractivity contribution in [3.8, 4) is 5.75 Å². The van der Waals surface area contributed by atoms with Gasteiger partial charge >= 0.3 is 6.36 Å². The Hall–Kier alpha value is -2.03. The molecule has 0 bridgehead atoms. The quantitative estimate of drug-likeness (QED) is 0.889. The van der Waals surface area contributed by atoms with Crippen LogP contribution in [0.5, 0.6) is 5.75 Å². The number of aromatic nitrogens is 2. The molecule has 9 heteroatoms. The number of hydrogen-bond donors (Lipinski definition) is 1. The number of ether oxygens (including phenoxy) is 1. The number of anilines is 1. The van der Waals surface area contributed by atoms with Crippen molar-refractivity contribution in [3.63, 3.8) is 0 Å². The first-order valence-corrected chi connectivity index (χ1v) is 6.86. The lowest BCUT2D eigenvalue weighted by atomic mass is 10.2. The molecule has 1 aromatic heterocycles. The van der Waals surface area contributed by atoms with Gasteiger partial charge in [0.2, 0.25) is 0 Å². The molecular weight excluding hydrogens is 367 g/mol. The van der Waals surface area contributed by atoms with Crippen LogP contribution in [0.4, 0.5) is 18.9 Å². The van der Waals surface area contributed by atoms with Gasteiger partial charge in [-0.05, 0) is 22.0 Å². The molecular formula is C13H11BrF3N3O2. The van der Waals surface area contributed by atoms with Crippen LogP contribution in [0.2, 0.25) is 0 Å². The highest BCUT2D eigenvalue weighted by atomic mass is 79.9. The van der Waals surface area contributed by atoms with Gasteiger partial charge in [-0.3, -0.25) is 4.79 Å². The lowest BCUT2D eigenvalue weighted by molar-refractivity contribution is -0.274. The number of rotatable bonds is 4. The number of nitrogens with zero attached hydrogens (tertiary/aromatic N) is 2. The number of benzene rings is 1. The fourth-order valence-corrected chi connectivity index (χ4v) is 2.20. The summed E-state index contributed by atoms with van der Waals surface area (Å²) in [6.45, 7) is 0.0414. The molecule has 1 N–H and O–H groups in total. The molecule has 0 amide bonds. The summed E-state index contributed by atoms with van der Waals surface area (Å²) in [5, 5.41) is 6.69. The molecule has 0 aliphatic rings. The Balaban J connectivity index is 2.19. The van der Waals surface area contributed by atoms with Gasteiger partial charge < -0.3 is 10.1 Å². The van der Waals surface area contributed by atoms with E-state index < -0.39 is 6.36 Å². The molecule has 2 aromatic rings. The van der Waals surface area contributed by atoms with E-state index in [1.807, 2.05) is 0 Å². The average molecular weight is 378 g/mol. The van der Waals surface area contributed by atoms with Crippen molar-refractivity contribution in [1.82, 2.24) is 9.78 Å². The van der Waals surface area contributed by atoms with Gasteiger partial charge in [0.1, 0.15) is 10.2 Å². The van der Waals surface area contributed by atoms with Gasteiger partial charge in [-0.1, -0.05) is 18.2 Å². The molecule has 0 atom stereocenters. The summed E-state index contributed by atoms with van der Waals surface area (Å²) < 4.78 is 42.4. The first kappa shape index (κ1) is 16.3. The van der Waals surface area contributed by atoms with E-state index in [-0.39, 0.29) is 22.3 Å². The summed E-state index contributed by atoms with van der Waals surface area (Å²) in [6.07, 6.45) is -3.36. The van der Waals surface area contributed by atoms with E-state index in [2.05, 4.69) is 31.1 Å². The molecule has 5 nitrogen and oxygen atoms in total. The van der Waals surface area contributed by atoms with E-state index in [0.717, 1.165) is 4.68 Å². The van der Waals surface area contributed by atoms with Gasteiger partial charge in [0, 0.05) is 19.2 Å². The zero-order valence-corrected chi connectivity index (χ0v) is 12.9. The van der Waals surface area contributed by atoms with E-state index in [1.54, 1.807) is 6.07 Å². The molecule has 22 heavy (non-hydrogen) atoms. The standard InChI is InChI=1S/C13H11BrF3N3O2/c1-20-12(21)11(14)9(7-19-20)18-6-8-4-2-3-5-10(8)22-13(15,16)17/h2-5,7,18H,6H2,1H3. The predicted octanol–water partition coefficient (Wildman–Crippen LogP) is 3.05. The summed E-state index contributed by atoms with van der Waals surface area (Å²) in [7, 11) is 1.49. The van der Waals surface area contributed by atoms with Crippen LogP contribution in [0, 0.1) is 0 Å². The highest BCUT2D eigenvalue weighted by molar-refractivity contribution is 9.10. The van der Waals surface area contributed by atoms with Crippen LogP contribution in [-0.4, -0.2) is 16.1 Å². The van der Waals surface area contributed by atoms with Crippen molar-refractivity contribution >= 4 is 21.6 Å². The lowest BCUT2D eigenvalue weighted by Gasteiger charge is -2.14. The molecule has 0 spiro atoms. The second-order valence-corrected chi connectivity index (χ2v) is 5.10. The molecule has 0 aliphatic heterocycles.